The van der Waals surface area contributed by atoms with E-state index in [9.17, 15) is 14.4 Å². The van der Waals surface area contributed by atoms with Gasteiger partial charge in [-0.1, -0.05) is 49.7 Å². The maximum atomic E-state index is 12.9. The molecule has 0 spiro atoms. The van der Waals surface area contributed by atoms with Gasteiger partial charge in [0.25, 0.3) is 5.56 Å². The molecule has 4 aromatic rings. The van der Waals surface area contributed by atoms with Gasteiger partial charge in [0.05, 0.1) is 0 Å². The smallest absolute Gasteiger partial charge is 0.342 e. The van der Waals surface area contributed by atoms with Crippen LogP contribution in [0.3, 0.4) is 0 Å². The predicted molar refractivity (Wildman–Crippen MR) is 132 cm³/mol. The van der Waals surface area contributed by atoms with Crippen molar-refractivity contribution in [1.82, 2.24) is 19.1 Å². The molecule has 0 unspecified atom stereocenters. The van der Waals surface area contributed by atoms with Gasteiger partial charge < -0.3 is 14.0 Å². The molecule has 182 valence electrons. The Labute approximate surface area is 202 Å². The molecule has 0 amide bonds. The molecule has 0 bridgehead atoms. The Balaban J connectivity index is 1.54. The number of nitrogens with zero attached hydrogens (tertiary/aromatic N) is 3. The number of unbranched alkanes of at least 4 members (excludes halogenated alkanes) is 1. The lowest BCUT2D eigenvalue weighted by Gasteiger charge is -2.12. The minimum Gasteiger partial charge on any atom is -0.488 e. The molecule has 9 heteroatoms. The maximum Gasteiger partial charge on any atom is 0.342 e. The van der Waals surface area contributed by atoms with Crippen molar-refractivity contribution in [2.24, 2.45) is 7.05 Å². The number of carbonyl (C=O) groups is 1. The monoisotopic (exact) mass is 476 g/mol. The lowest BCUT2D eigenvalue weighted by molar-refractivity contribution is 0.0454. The number of ether oxygens (including phenoxy) is 2. The molecule has 0 aliphatic rings. The minimum atomic E-state index is -0.574. The lowest BCUT2D eigenvalue weighted by atomic mass is 10.1. The molecule has 0 saturated carbocycles. The summed E-state index contributed by atoms with van der Waals surface area (Å²) in [6.07, 6.45) is 1.65. The number of para-hydroxylation sites is 1. The molecule has 0 saturated heterocycles. The van der Waals surface area contributed by atoms with Crippen molar-refractivity contribution in [3.8, 4) is 5.75 Å². The third kappa shape index (κ3) is 5.03. The maximum absolute atomic E-state index is 12.9. The SMILES string of the molecule is CCCCn1c(=O)[nH]c(=O)c2c1nc(COC(=O)c1ccccc1OCc1ccccc1C)n2C. The number of H-pyrrole nitrogens is 1. The third-order valence-corrected chi connectivity index (χ3v) is 5.92. The Morgan fingerprint density at radius 1 is 1.06 bits per heavy atom. The summed E-state index contributed by atoms with van der Waals surface area (Å²) < 4.78 is 14.4. The Bertz CT molecular complexity index is 1480. The summed E-state index contributed by atoms with van der Waals surface area (Å²) in [7, 11) is 1.65. The molecular weight excluding hydrogens is 448 g/mol. The normalized spacial score (nSPS) is 11.1. The Morgan fingerprint density at radius 3 is 2.57 bits per heavy atom. The lowest BCUT2D eigenvalue weighted by Crippen LogP contribution is -2.31. The highest BCUT2D eigenvalue weighted by Crippen LogP contribution is 2.22. The highest BCUT2D eigenvalue weighted by molar-refractivity contribution is 5.92. The van der Waals surface area contributed by atoms with Crippen LogP contribution < -0.4 is 16.0 Å². The van der Waals surface area contributed by atoms with Crippen LogP contribution in [0.25, 0.3) is 11.2 Å². The van der Waals surface area contributed by atoms with Crippen LogP contribution >= 0.6 is 0 Å². The zero-order valence-corrected chi connectivity index (χ0v) is 20.0. The van der Waals surface area contributed by atoms with Crippen LogP contribution in [0.4, 0.5) is 0 Å². The van der Waals surface area contributed by atoms with Crippen LogP contribution in [0.5, 0.6) is 5.75 Å². The van der Waals surface area contributed by atoms with Gasteiger partial charge in [-0.25, -0.2) is 14.6 Å². The van der Waals surface area contributed by atoms with E-state index in [1.807, 2.05) is 38.1 Å². The highest BCUT2D eigenvalue weighted by atomic mass is 16.5. The van der Waals surface area contributed by atoms with Crippen molar-refractivity contribution in [2.45, 2.75) is 46.4 Å². The van der Waals surface area contributed by atoms with Gasteiger partial charge in [0.1, 0.15) is 30.4 Å². The van der Waals surface area contributed by atoms with E-state index in [1.165, 1.54) is 4.57 Å². The van der Waals surface area contributed by atoms with Crippen LogP contribution in [0.1, 0.15) is 47.1 Å². The minimum absolute atomic E-state index is 0.169. The molecule has 2 aromatic carbocycles. The second kappa shape index (κ2) is 10.4. The van der Waals surface area contributed by atoms with E-state index in [1.54, 1.807) is 35.9 Å². The van der Waals surface area contributed by atoms with Gasteiger partial charge >= 0.3 is 11.7 Å². The number of imidazole rings is 1. The van der Waals surface area contributed by atoms with E-state index < -0.39 is 17.2 Å². The quantitative estimate of drug-likeness (QED) is 0.371. The molecule has 1 N–H and O–H groups in total. The number of benzene rings is 2. The number of fused-ring (bicyclic) bond motifs is 1. The summed E-state index contributed by atoms with van der Waals surface area (Å²) in [5.74, 6) is 0.193. The molecule has 0 atom stereocenters. The number of rotatable bonds is 9. The zero-order chi connectivity index (χ0) is 24.9. The van der Waals surface area contributed by atoms with E-state index >= 15 is 0 Å². The van der Waals surface area contributed by atoms with Crippen molar-refractivity contribution in [3.63, 3.8) is 0 Å². The first-order valence-corrected chi connectivity index (χ1v) is 11.5. The first-order chi connectivity index (χ1) is 16.9. The molecule has 0 radical (unpaired) electrons. The summed E-state index contributed by atoms with van der Waals surface area (Å²) in [6, 6.07) is 14.8. The van der Waals surface area contributed by atoms with Gasteiger partial charge in [-0.15, -0.1) is 0 Å². The first-order valence-electron chi connectivity index (χ1n) is 11.5. The van der Waals surface area contributed by atoms with E-state index in [2.05, 4.69) is 9.97 Å². The number of aryl methyl sites for hydroxylation is 3. The number of esters is 1. The van der Waals surface area contributed by atoms with E-state index in [0.29, 0.717) is 24.7 Å². The Morgan fingerprint density at radius 2 is 1.80 bits per heavy atom. The zero-order valence-electron chi connectivity index (χ0n) is 20.0. The van der Waals surface area contributed by atoms with Crippen LogP contribution in [0.15, 0.2) is 58.1 Å². The summed E-state index contributed by atoms with van der Waals surface area (Å²) >= 11 is 0. The fourth-order valence-corrected chi connectivity index (χ4v) is 3.84. The van der Waals surface area contributed by atoms with Crippen molar-refractivity contribution in [1.29, 1.82) is 0 Å². The first kappa shape index (κ1) is 24.0. The highest BCUT2D eigenvalue weighted by Gasteiger charge is 2.19. The van der Waals surface area contributed by atoms with Crippen LogP contribution in [-0.4, -0.2) is 25.1 Å². The molecule has 2 heterocycles. The fourth-order valence-electron chi connectivity index (χ4n) is 3.84. The van der Waals surface area contributed by atoms with Crippen LogP contribution in [0, 0.1) is 6.92 Å². The number of carbonyl (C=O) groups excluding carboxylic acids is 1. The van der Waals surface area contributed by atoms with Gasteiger partial charge in [-0.2, -0.15) is 0 Å². The average Bonchev–Trinajstić information content (AvgIpc) is 3.18. The molecule has 0 aliphatic carbocycles. The molecule has 35 heavy (non-hydrogen) atoms. The van der Waals surface area contributed by atoms with Crippen LogP contribution in [-0.2, 0) is 31.5 Å². The third-order valence-electron chi connectivity index (χ3n) is 5.92. The molecule has 2 aromatic heterocycles. The summed E-state index contributed by atoms with van der Waals surface area (Å²) in [5, 5.41) is 0. The number of hydrogen-bond acceptors (Lipinski definition) is 6. The van der Waals surface area contributed by atoms with Gasteiger partial charge in [0.2, 0.25) is 0 Å². The topological polar surface area (TPSA) is 108 Å². The van der Waals surface area contributed by atoms with Gasteiger partial charge in [-0.3, -0.25) is 14.3 Å². The van der Waals surface area contributed by atoms with Crippen molar-refractivity contribution in [3.05, 3.63) is 91.9 Å². The van der Waals surface area contributed by atoms with Crippen molar-refractivity contribution >= 4 is 17.1 Å². The second-order valence-corrected chi connectivity index (χ2v) is 8.31. The summed E-state index contributed by atoms with van der Waals surface area (Å²) in [4.78, 5) is 44.4. The molecule has 4 rings (SSSR count). The van der Waals surface area contributed by atoms with Gasteiger partial charge in [-0.05, 0) is 36.6 Å². The van der Waals surface area contributed by atoms with E-state index in [-0.39, 0.29) is 23.3 Å². The Kier molecular flexibility index (Phi) is 7.14. The van der Waals surface area contributed by atoms with Crippen LogP contribution in [0.2, 0.25) is 0 Å². The predicted octanol–water partition coefficient (Wildman–Crippen LogP) is 3.47. The number of aromatic amines is 1. The molecule has 9 nitrogen and oxygen atoms in total. The fraction of sp³-hybridized carbons (Fsp3) is 0.308. The van der Waals surface area contributed by atoms with Gasteiger partial charge in [0.15, 0.2) is 11.2 Å². The summed E-state index contributed by atoms with van der Waals surface area (Å²) in [6.45, 7) is 4.60. The van der Waals surface area contributed by atoms with E-state index in [0.717, 1.165) is 24.0 Å². The largest absolute Gasteiger partial charge is 0.488 e. The summed E-state index contributed by atoms with van der Waals surface area (Å²) in [5.41, 5.74) is 1.92. The second-order valence-electron chi connectivity index (χ2n) is 8.31. The number of nitrogens with one attached hydrogen (secondary N) is 1. The average molecular weight is 477 g/mol. The number of hydrogen-bond donors (Lipinski definition) is 1. The number of aromatic nitrogens is 4. The van der Waals surface area contributed by atoms with Crippen molar-refractivity contribution in [2.75, 3.05) is 0 Å². The van der Waals surface area contributed by atoms with Gasteiger partial charge in [0, 0.05) is 13.6 Å². The molecule has 0 aliphatic heterocycles. The Hall–Kier alpha value is -4.14. The molecular formula is C26H28N4O5. The van der Waals surface area contributed by atoms with E-state index in [4.69, 9.17) is 9.47 Å². The van der Waals surface area contributed by atoms with Crippen molar-refractivity contribution < 1.29 is 14.3 Å². The molecule has 0 fully saturated rings. The standard InChI is InChI=1S/C26H28N4O5/c1-4-5-14-30-23-22(24(31)28-26(30)33)29(3)21(27-23)16-35-25(32)19-12-8-9-13-20(19)34-15-18-11-7-6-10-17(18)2/h6-13H,4-5,14-16H2,1-3H3,(H,28,31,33).